The van der Waals surface area contributed by atoms with Gasteiger partial charge in [0.15, 0.2) is 47.1 Å². The number of hydrogen-bond acceptors (Lipinski definition) is 8. The minimum Gasteiger partial charge on any atom is -0.437 e. The van der Waals surface area contributed by atoms with E-state index < -0.39 is 6.85 Å². The SMILES string of the molecule is Cc1ccc(-c2cc[n+](C)c(-c3c(C)c4ccccc4c4c3oc3nc(C)ccc34)c2)cc1.Cc1ccc2c(n1)oc1c(-c3cc(-c4ccc(F)cc4)cc[n+]3C)c(C)c3ccccc3c12.Cc1ccc2c(n1)oc1c(-c3cc(-c4ccccc4)cc[n+]3C)c(C)c3ccccc3c12.[2H]C([2H])([2H])c1c[n+](C)c(-c2c(C)c3ccccc3c3c2oc2nc(C)ccc23)cc1-c1ccccc1. The molecule has 13 heteroatoms. The van der Waals surface area contributed by atoms with Crippen molar-refractivity contribution in [3.8, 4) is 89.5 Å². The first-order chi connectivity index (χ1) is 64.9. The average Bonchev–Trinajstić information content (AvgIpc) is 1.55. The van der Waals surface area contributed by atoms with E-state index in [1.807, 2.05) is 137 Å². The van der Waals surface area contributed by atoms with Gasteiger partial charge < -0.3 is 17.7 Å². The number of nitrogens with zero attached hydrogens (tertiary/aromatic N) is 8. The van der Waals surface area contributed by atoms with Gasteiger partial charge in [-0.05, 0) is 240 Å². The van der Waals surface area contributed by atoms with Gasteiger partial charge in [-0.2, -0.15) is 0 Å². The summed E-state index contributed by atoms with van der Waals surface area (Å²) in [7, 11) is 8.12. The van der Waals surface area contributed by atoms with E-state index in [2.05, 4.69) is 285 Å². The van der Waals surface area contributed by atoms with Gasteiger partial charge in [-0.1, -0.05) is 200 Å². The largest absolute Gasteiger partial charge is 0.437 e. The van der Waals surface area contributed by atoms with Crippen LogP contribution in [0.1, 0.15) is 60.3 Å². The number of pyridine rings is 8. The zero-order valence-electron chi connectivity index (χ0n) is 78.2. The lowest BCUT2D eigenvalue weighted by molar-refractivity contribution is -0.660. The third-order valence-corrected chi connectivity index (χ3v) is 26.1. The lowest BCUT2D eigenvalue weighted by Crippen LogP contribution is -2.31. The molecule has 12 heterocycles. The fourth-order valence-electron chi connectivity index (χ4n) is 19.4. The molecule has 0 saturated heterocycles. The predicted molar refractivity (Wildman–Crippen MR) is 532 cm³/mol. The summed E-state index contributed by atoms with van der Waals surface area (Å²) in [5.74, 6) is -0.238. The van der Waals surface area contributed by atoms with Crippen LogP contribution in [-0.4, -0.2) is 19.9 Å². The molecule has 24 aromatic rings. The molecule has 0 unspecified atom stereocenters. The molecular formula is C118H95FN8O4+4. The topological polar surface area (TPSA) is 120 Å². The number of halogens is 1. The maximum Gasteiger partial charge on any atom is 0.227 e. The maximum atomic E-state index is 13.5. The van der Waals surface area contributed by atoms with E-state index in [9.17, 15) is 4.39 Å². The fourth-order valence-corrected chi connectivity index (χ4v) is 19.4. The molecule has 0 aliphatic carbocycles. The first-order valence-electron chi connectivity index (χ1n) is 45.7. The van der Waals surface area contributed by atoms with E-state index in [4.69, 9.17) is 31.7 Å². The third-order valence-electron chi connectivity index (χ3n) is 26.1. The average molecular weight is 1710 g/mol. The second kappa shape index (κ2) is 33.0. The number of furan rings is 4. The molecule has 12 nitrogen and oxygen atoms in total. The molecule has 131 heavy (non-hydrogen) atoms. The molecule has 24 rings (SSSR count). The van der Waals surface area contributed by atoms with Crippen LogP contribution in [0.5, 0.6) is 0 Å². The first-order valence-corrected chi connectivity index (χ1v) is 44.2. The van der Waals surface area contributed by atoms with Crippen molar-refractivity contribution < 1.29 is 44.4 Å². The van der Waals surface area contributed by atoms with Gasteiger partial charge in [-0.25, -0.2) is 42.6 Å². The van der Waals surface area contributed by atoms with Crippen molar-refractivity contribution in [2.24, 2.45) is 28.2 Å². The Hall–Kier alpha value is -16.0. The minimum atomic E-state index is -2.25. The van der Waals surface area contributed by atoms with E-state index in [1.54, 1.807) is 6.20 Å². The van der Waals surface area contributed by atoms with Gasteiger partial charge in [0.1, 0.15) is 34.0 Å². The number of rotatable bonds is 8. The molecule has 634 valence electrons. The van der Waals surface area contributed by atoms with Gasteiger partial charge in [0.05, 0.1) is 22.3 Å². The van der Waals surface area contributed by atoms with Crippen molar-refractivity contribution in [2.45, 2.75) is 69.2 Å². The highest BCUT2D eigenvalue weighted by atomic mass is 19.1. The number of aromatic nitrogens is 8. The van der Waals surface area contributed by atoms with Crippen LogP contribution in [0.3, 0.4) is 0 Å². The van der Waals surface area contributed by atoms with Gasteiger partial charge in [0.25, 0.3) is 0 Å². The van der Waals surface area contributed by atoms with Crippen molar-refractivity contribution in [3.63, 3.8) is 0 Å². The highest BCUT2D eigenvalue weighted by Gasteiger charge is 2.32. The van der Waals surface area contributed by atoms with Crippen LogP contribution >= 0.6 is 0 Å². The Morgan fingerprint density at radius 1 is 0.260 bits per heavy atom. The van der Waals surface area contributed by atoms with Crippen molar-refractivity contribution in [2.75, 3.05) is 0 Å². The van der Waals surface area contributed by atoms with Crippen molar-refractivity contribution in [1.82, 2.24) is 19.9 Å². The Kier molecular flexibility index (Phi) is 19.8. The van der Waals surface area contributed by atoms with Crippen molar-refractivity contribution in [1.29, 1.82) is 0 Å². The first kappa shape index (κ1) is 78.5. The molecule has 0 atom stereocenters. The van der Waals surface area contributed by atoms with E-state index in [0.29, 0.717) is 34.0 Å². The fraction of sp³-hybridized carbons (Fsp3) is 0.119. The zero-order valence-corrected chi connectivity index (χ0v) is 75.2. The van der Waals surface area contributed by atoms with Crippen molar-refractivity contribution in [3.05, 3.63) is 384 Å². The molecule has 12 aromatic heterocycles. The van der Waals surface area contributed by atoms with Crippen LogP contribution in [-0.2, 0) is 28.2 Å². The molecule has 0 N–H and O–H groups in total. The second-order valence-electron chi connectivity index (χ2n) is 34.6. The summed E-state index contributed by atoms with van der Waals surface area (Å²) >= 11 is 0. The summed E-state index contributed by atoms with van der Waals surface area (Å²) < 4.78 is 72.4. The Balaban J connectivity index is 0.000000107. The normalized spacial score (nSPS) is 12.1. The Bertz CT molecular complexity index is 8650. The smallest absolute Gasteiger partial charge is 0.227 e. The monoisotopic (exact) mass is 1710 g/mol. The summed E-state index contributed by atoms with van der Waals surface area (Å²) in [5, 5.41) is 18.0. The lowest BCUT2D eigenvalue weighted by Gasteiger charge is -2.13. The molecule has 0 radical (unpaired) electrons. The number of fused-ring (bicyclic) bond motifs is 20. The Labute approximate surface area is 762 Å². The molecular weight excluding hydrogens is 1610 g/mol. The van der Waals surface area contributed by atoms with Gasteiger partial charge in [-0.3, -0.25) is 0 Å². The molecule has 0 bridgehead atoms. The standard InChI is InChI=1S/2C30H25N2O.C29H22FN2O.C29H23N2O/c1-18-17-32(4)26(16-25(18)21-10-6-5-7-11-21)27-20(3)22-12-8-9-13-23(22)28-24-15-14-19(2)31-30(24)33-29(27)28;1-18-9-12-21(13-10-18)22-15-16-32(4)26(17-22)27-20(3)23-7-5-6-8-24(23)28-25-14-11-19(2)31-30(25)33-29(27)28;1-17-8-13-24-27-23-7-5-4-6-22(23)18(2)26(28(27)33-29(24)31-17)25-16-20(14-15-32(25)3)19-9-11-21(30)12-10-19;1-18-13-14-24-27-23-12-8-7-11-22(23)19(2)26(28(27)32-29(24)30-18)25-17-21(15-16-31(25)3)20-9-5-4-6-10-20/h2*5-17H,1-4H3;4-16H,1-3H3;4-17H,1-3H3/q4*+1/i1D3;;;. The summed E-state index contributed by atoms with van der Waals surface area (Å²) in [6.45, 7) is 16.4. The van der Waals surface area contributed by atoms with Gasteiger partial charge in [0.2, 0.25) is 45.6 Å². The van der Waals surface area contributed by atoms with E-state index >= 15 is 0 Å². The van der Waals surface area contributed by atoms with Gasteiger partial charge in [0, 0.05) is 118 Å². The molecule has 0 aliphatic rings. The summed E-state index contributed by atoms with van der Waals surface area (Å²) in [6.07, 6.45) is 8.04. The molecule has 0 aliphatic heterocycles. The number of benzene rings is 12. The van der Waals surface area contributed by atoms with Gasteiger partial charge >= 0.3 is 0 Å². The predicted octanol–water partition coefficient (Wildman–Crippen LogP) is 28.4. The molecule has 0 saturated carbocycles. The molecule has 12 aromatic carbocycles. The summed E-state index contributed by atoms with van der Waals surface area (Å²) in [6, 6.07) is 101. The third kappa shape index (κ3) is 14.4. The quantitative estimate of drug-likeness (QED) is 0.138. The highest BCUT2D eigenvalue weighted by molar-refractivity contribution is 6.27. The van der Waals surface area contributed by atoms with Gasteiger partial charge in [-0.15, -0.1) is 0 Å². The Morgan fingerprint density at radius 2 is 0.534 bits per heavy atom. The van der Waals surface area contributed by atoms with Crippen LogP contribution in [0.2, 0.25) is 0 Å². The molecule has 0 amide bonds. The summed E-state index contributed by atoms with van der Waals surface area (Å²) in [4.78, 5) is 18.7. The van der Waals surface area contributed by atoms with E-state index in [-0.39, 0.29) is 5.82 Å². The van der Waals surface area contributed by atoms with Crippen LogP contribution in [0, 0.1) is 75.0 Å². The van der Waals surface area contributed by atoms with E-state index in [0.717, 1.165) is 177 Å². The van der Waals surface area contributed by atoms with Crippen LogP contribution < -0.4 is 18.3 Å². The summed E-state index contributed by atoms with van der Waals surface area (Å²) in [5.41, 5.74) is 32.7. The number of hydrogen-bond donors (Lipinski definition) is 0. The molecule has 0 fully saturated rings. The minimum absolute atomic E-state index is 0.238. The maximum absolute atomic E-state index is 13.5. The van der Waals surface area contributed by atoms with Crippen LogP contribution in [0.15, 0.2) is 340 Å². The zero-order chi connectivity index (χ0) is 92.4. The Morgan fingerprint density at radius 3 is 0.847 bits per heavy atom. The van der Waals surface area contributed by atoms with Crippen molar-refractivity contribution >= 4 is 131 Å². The number of aryl methyl sites for hydroxylation is 14. The lowest BCUT2D eigenvalue weighted by atomic mass is 9.92. The second-order valence-corrected chi connectivity index (χ2v) is 34.6. The van der Waals surface area contributed by atoms with Crippen LogP contribution in [0.4, 0.5) is 4.39 Å². The van der Waals surface area contributed by atoms with Crippen LogP contribution in [0.25, 0.3) is 221 Å². The van der Waals surface area contributed by atoms with E-state index in [1.165, 1.54) is 78.0 Å². The molecule has 0 spiro atoms. The highest BCUT2D eigenvalue weighted by Crippen LogP contribution is 2.49.